The number of carbonyl (C=O) groups is 1. The molecule has 1 aliphatic rings. The van der Waals surface area contributed by atoms with Crippen LogP contribution in [0.3, 0.4) is 0 Å². The van der Waals surface area contributed by atoms with Crippen molar-refractivity contribution in [3.8, 4) is 0 Å². The molecule has 2 heterocycles. The van der Waals surface area contributed by atoms with Gasteiger partial charge in [0.2, 0.25) is 5.91 Å². The largest absolute Gasteiger partial charge is 0.356 e. The number of nitrogens with one attached hydrogen (secondary N) is 1. The summed E-state index contributed by atoms with van der Waals surface area (Å²) in [4.78, 5) is 20.9. The summed E-state index contributed by atoms with van der Waals surface area (Å²) in [5.41, 5.74) is 2.89. The normalized spacial score (nSPS) is 18.6. The van der Waals surface area contributed by atoms with Crippen LogP contribution >= 0.6 is 11.3 Å². The van der Waals surface area contributed by atoms with E-state index in [0.29, 0.717) is 19.0 Å². The van der Waals surface area contributed by atoms with Crippen molar-refractivity contribution in [3.63, 3.8) is 0 Å². The summed E-state index contributed by atoms with van der Waals surface area (Å²) >= 11 is 1.60. The molecule has 0 saturated carbocycles. The molecule has 0 radical (unpaired) electrons. The highest BCUT2D eigenvalue weighted by Gasteiger charge is 2.19. The SMILES string of the molecule is CC(CCC(=O)NCCc1cscn1)N1CCN(C)CC1. The number of nitrogens with zero attached hydrogens (tertiary/aromatic N) is 3. The van der Waals surface area contributed by atoms with Gasteiger partial charge >= 0.3 is 0 Å². The number of rotatable bonds is 7. The van der Waals surface area contributed by atoms with E-state index in [0.717, 1.165) is 44.7 Å². The van der Waals surface area contributed by atoms with Gasteiger partial charge in [0, 0.05) is 57.0 Å². The number of aromatic nitrogens is 1. The van der Waals surface area contributed by atoms with Gasteiger partial charge in [-0.15, -0.1) is 11.3 Å². The molecular formula is C15H26N4OS. The number of thiazole rings is 1. The lowest BCUT2D eigenvalue weighted by Gasteiger charge is -2.36. The summed E-state index contributed by atoms with van der Waals surface area (Å²) in [7, 11) is 2.16. The maximum Gasteiger partial charge on any atom is 0.220 e. The Morgan fingerprint density at radius 2 is 2.19 bits per heavy atom. The minimum absolute atomic E-state index is 0.159. The van der Waals surface area contributed by atoms with Gasteiger partial charge in [-0.3, -0.25) is 9.69 Å². The zero-order chi connectivity index (χ0) is 15.1. The smallest absolute Gasteiger partial charge is 0.220 e. The van der Waals surface area contributed by atoms with Gasteiger partial charge in [-0.1, -0.05) is 0 Å². The zero-order valence-corrected chi connectivity index (χ0v) is 13.9. The van der Waals surface area contributed by atoms with Crippen LogP contribution in [-0.4, -0.2) is 66.5 Å². The molecule has 5 nitrogen and oxygen atoms in total. The van der Waals surface area contributed by atoms with Crippen LogP contribution in [0.5, 0.6) is 0 Å². The second-order valence-electron chi connectivity index (χ2n) is 5.81. The highest BCUT2D eigenvalue weighted by atomic mass is 32.1. The Morgan fingerprint density at radius 3 is 2.86 bits per heavy atom. The quantitative estimate of drug-likeness (QED) is 0.823. The minimum atomic E-state index is 0.159. The lowest BCUT2D eigenvalue weighted by atomic mass is 10.1. The van der Waals surface area contributed by atoms with Gasteiger partial charge in [0.25, 0.3) is 0 Å². The van der Waals surface area contributed by atoms with Crippen LogP contribution in [0.1, 0.15) is 25.5 Å². The van der Waals surface area contributed by atoms with Gasteiger partial charge in [-0.25, -0.2) is 4.98 Å². The Bertz CT molecular complexity index is 415. The Labute approximate surface area is 131 Å². The van der Waals surface area contributed by atoms with Crippen molar-refractivity contribution in [3.05, 3.63) is 16.6 Å². The average Bonchev–Trinajstić information content (AvgIpc) is 2.99. The molecule has 0 spiro atoms. The van der Waals surface area contributed by atoms with E-state index >= 15 is 0 Å². The Balaban J connectivity index is 1.57. The first-order chi connectivity index (χ1) is 10.1. The van der Waals surface area contributed by atoms with E-state index in [2.05, 4.69) is 34.1 Å². The third-order valence-electron chi connectivity index (χ3n) is 4.14. The Morgan fingerprint density at radius 1 is 1.43 bits per heavy atom. The van der Waals surface area contributed by atoms with Crippen LogP contribution in [-0.2, 0) is 11.2 Å². The maximum absolute atomic E-state index is 11.9. The van der Waals surface area contributed by atoms with Crippen LogP contribution < -0.4 is 5.32 Å². The van der Waals surface area contributed by atoms with Crippen molar-refractivity contribution in [1.82, 2.24) is 20.1 Å². The number of carbonyl (C=O) groups excluding carboxylic acids is 1. The monoisotopic (exact) mass is 310 g/mol. The van der Waals surface area contributed by atoms with Crippen LogP contribution in [0.2, 0.25) is 0 Å². The highest BCUT2D eigenvalue weighted by Crippen LogP contribution is 2.10. The molecule has 0 bridgehead atoms. The Hall–Kier alpha value is -0.980. The van der Waals surface area contributed by atoms with E-state index in [1.54, 1.807) is 11.3 Å². The third kappa shape index (κ3) is 5.73. The molecule has 1 unspecified atom stereocenters. The molecule has 1 fully saturated rings. The fraction of sp³-hybridized carbons (Fsp3) is 0.733. The second kappa shape index (κ2) is 8.46. The van der Waals surface area contributed by atoms with Gasteiger partial charge < -0.3 is 10.2 Å². The summed E-state index contributed by atoms with van der Waals surface area (Å²) < 4.78 is 0. The van der Waals surface area contributed by atoms with E-state index in [1.807, 2.05) is 10.9 Å². The van der Waals surface area contributed by atoms with Crippen molar-refractivity contribution < 1.29 is 4.79 Å². The standard InChI is InChI=1S/C15H26N4OS/c1-13(19-9-7-18(2)8-10-19)3-4-15(20)16-6-5-14-11-21-12-17-14/h11-13H,3-10H2,1-2H3,(H,16,20). The van der Waals surface area contributed by atoms with E-state index in [4.69, 9.17) is 0 Å². The summed E-state index contributed by atoms with van der Waals surface area (Å²) in [6.45, 7) is 7.40. The predicted molar refractivity (Wildman–Crippen MR) is 86.6 cm³/mol. The lowest BCUT2D eigenvalue weighted by Crippen LogP contribution is -2.48. The number of likely N-dealkylation sites (N-methyl/N-ethyl adjacent to an activating group) is 1. The van der Waals surface area contributed by atoms with Gasteiger partial charge in [0.1, 0.15) is 0 Å². The second-order valence-corrected chi connectivity index (χ2v) is 6.53. The molecule has 0 aliphatic carbocycles. The van der Waals surface area contributed by atoms with Gasteiger partial charge in [-0.2, -0.15) is 0 Å². The van der Waals surface area contributed by atoms with Crippen molar-refractivity contribution in [2.24, 2.45) is 0 Å². The molecule has 1 atom stereocenters. The molecule has 6 heteroatoms. The van der Waals surface area contributed by atoms with Crippen LogP contribution in [0.25, 0.3) is 0 Å². The summed E-state index contributed by atoms with van der Waals surface area (Å²) in [5.74, 6) is 0.159. The predicted octanol–water partition coefficient (Wildman–Crippen LogP) is 1.22. The molecule has 1 saturated heterocycles. The molecule has 1 aromatic heterocycles. The average molecular weight is 310 g/mol. The zero-order valence-electron chi connectivity index (χ0n) is 13.0. The molecule has 1 aliphatic heterocycles. The fourth-order valence-electron chi connectivity index (χ4n) is 2.56. The summed E-state index contributed by atoms with van der Waals surface area (Å²) in [5, 5.41) is 5.01. The number of amides is 1. The first kappa shape index (κ1) is 16.4. The van der Waals surface area contributed by atoms with Crippen molar-refractivity contribution in [1.29, 1.82) is 0 Å². The highest BCUT2D eigenvalue weighted by molar-refractivity contribution is 7.07. The van der Waals surface area contributed by atoms with E-state index in [9.17, 15) is 4.79 Å². The van der Waals surface area contributed by atoms with Crippen molar-refractivity contribution >= 4 is 17.2 Å². The minimum Gasteiger partial charge on any atom is -0.356 e. The molecule has 1 aromatic rings. The van der Waals surface area contributed by atoms with Crippen LogP contribution in [0.15, 0.2) is 10.9 Å². The number of piperazine rings is 1. The Kier molecular flexibility index (Phi) is 6.60. The van der Waals surface area contributed by atoms with Gasteiger partial charge in [0.15, 0.2) is 0 Å². The molecule has 118 valence electrons. The molecule has 21 heavy (non-hydrogen) atoms. The topological polar surface area (TPSA) is 48.5 Å². The molecular weight excluding hydrogens is 284 g/mol. The third-order valence-corrected chi connectivity index (χ3v) is 4.77. The van der Waals surface area contributed by atoms with E-state index in [1.165, 1.54) is 0 Å². The first-order valence-corrected chi connectivity index (χ1v) is 8.66. The lowest BCUT2D eigenvalue weighted by molar-refractivity contribution is -0.121. The van der Waals surface area contributed by atoms with Gasteiger partial charge in [-0.05, 0) is 20.4 Å². The van der Waals surface area contributed by atoms with E-state index < -0.39 is 0 Å². The van der Waals surface area contributed by atoms with Crippen molar-refractivity contribution in [2.75, 3.05) is 39.8 Å². The first-order valence-electron chi connectivity index (χ1n) is 7.71. The maximum atomic E-state index is 11.9. The molecule has 1 N–H and O–H groups in total. The molecule has 1 amide bonds. The molecule has 0 aromatic carbocycles. The number of hydrogen-bond donors (Lipinski definition) is 1. The van der Waals surface area contributed by atoms with Gasteiger partial charge in [0.05, 0.1) is 11.2 Å². The van der Waals surface area contributed by atoms with Crippen LogP contribution in [0.4, 0.5) is 0 Å². The summed E-state index contributed by atoms with van der Waals surface area (Å²) in [6.07, 6.45) is 2.38. The summed E-state index contributed by atoms with van der Waals surface area (Å²) in [6, 6.07) is 0.489. The van der Waals surface area contributed by atoms with Crippen molar-refractivity contribution in [2.45, 2.75) is 32.2 Å². The van der Waals surface area contributed by atoms with Crippen LogP contribution in [0, 0.1) is 0 Å². The molecule has 2 rings (SSSR count). The van der Waals surface area contributed by atoms with E-state index in [-0.39, 0.29) is 5.91 Å². The fourth-order valence-corrected chi connectivity index (χ4v) is 3.16. The number of hydrogen-bond acceptors (Lipinski definition) is 5.